The van der Waals surface area contributed by atoms with Crippen molar-refractivity contribution in [1.82, 2.24) is 15.4 Å². The van der Waals surface area contributed by atoms with Crippen molar-refractivity contribution in [2.24, 2.45) is 0 Å². The Morgan fingerprint density at radius 2 is 1.76 bits per heavy atom. The molecule has 8 nitrogen and oxygen atoms in total. The number of rotatable bonds is 8. The molecule has 34 heavy (non-hydrogen) atoms. The van der Waals surface area contributed by atoms with Crippen LogP contribution in [0.2, 0.25) is 5.02 Å². The van der Waals surface area contributed by atoms with Gasteiger partial charge in [0.15, 0.2) is 0 Å². The maximum Gasteiger partial charge on any atom is 1.00 e. The summed E-state index contributed by atoms with van der Waals surface area (Å²) in [5, 5.41) is 5.96. The van der Waals surface area contributed by atoms with E-state index < -0.39 is 16.1 Å². The van der Waals surface area contributed by atoms with Crippen LogP contribution in [0.4, 0.5) is 4.79 Å². The minimum atomic E-state index is -3.97. The van der Waals surface area contributed by atoms with Gasteiger partial charge in [0.25, 0.3) is 15.9 Å². The first-order valence-corrected chi connectivity index (χ1v) is 12.7. The maximum atomic E-state index is 12.5. The molecule has 11 heteroatoms. The molecule has 2 aromatic carbocycles. The fraction of sp³-hybridized carbons (Fsp3) is 0.391. The topological polar surface area (TPSA) is 114 Å². The third-order valence-corrected chi connectivity index (χ3v) is 7.09. The monoisotopic (exact) mass is 517 g/mol. The van der Waals surface area contributed by atoms with Crippen molar-refractivity contribution in [2.45, 2.75) is 49.5 Å². The van der Waals surface area contributed by atoms with Crippen LogP contribution in [0.15, 0.2) is 47.4 Å². The number of carbonyl (C=O) groups excluding carboxylic acids is 2. The zero-order valence-electron chi connectivity index (χ0n) is 20.4. The van der Waals surface area contributed by atoms with Gasteiger partial charge in [-0.2, -0.15) is 0 Å². The van der Waals surface area contributed by atoms with Gasteiger partial charge in [-0.05, 0) is 55.2 Å². The molecule has 3 N–H and O–H groups in total. The standard InChI is InChI=1S/C23H28ClN3O5S.Na.H/c1-32-21-12-9-17(24)15-20(21)22(28)25-14-13-16-7-10-19(11-8-16)33(30,31)27-23(29)26-18-5-3-2-4-6-18;;/h7-12,15,18H,2-6,13-14H2,1H3,(H,25,28)(H2,26,27,29);;/q;+1;-1. The van der Waals surface area contributed by atoms with Gasteiger partial charge in [-0.25, -0.2) is 17.9 Å². The van der Waals surface area contributed by atoms with E-state index in [2.05, 4.69) is 15.4 Å². The molecule has 0 spiro atoms. The first kappa shape index (κ1) is 28.5. The molecule has 1 fully saturated rings. The van der Waals surface area contributed by atoms with Gasteiger partial charge in [0.1, 0.15) is 5.75 Å². The molecule has 2 aromatic rings. The van der Waals surface area contributed by atoms with Crippen molar-refractivity contribution in [3.05, 3.63) is 58.6 Å². The number of benzene rings is 2. The predicted octanol–water partition coefficient (Wildman–Crippen LogP) is 0.758. The minimum absolute atomic E-state index is 0. The van der Waals surface area contributed by atoms with E-state index in [4.69, 9.17) is 16.3 Å². The van der Waals surface area contributed by atoms with Crippen LogP contribution < -0.4 is 49.6 Å². The number of sulfonamides is 1. The maximum absolute atomic E-state index is 12.5. The van der Waals surface area contributed by atoms with E-state index in [9.17, 15) is 18.0 Å². The Kier molecular flexibility index (Phi) is 11.2. The molecule has 0 radical (unpaired) electrons. The van der Waals surface area contributed by atoms with E-state index in [1.807, 2.05) is 0 Å². The Morgan fingerprint density at radius 3 is 2.41 bits per heavy atom. The molecule has 0 atom stereocenters. The molecule has 0 aliphatic heterocycles. The number of amides is 3. The molecule has 0 saturated heterocycles. The van der Waals surface area contributed by atoms with Gasteiger partial charge in [0.05, 0.1) is 17.6 Å². The molecular weight excluding hydrogens is 489 g/mol. The summed E-state index contributed by atoms with van der Waals surface area (Å²) in [4.78, 5) is 24.5. The SMILES string of the molecule is COc1ccc(Cl)cc1C(=O)NCCc1ccc(S(=O)(=O)NC(=O)NC2CCCCC2)cc1.[H-].[Na+]. The van der Waals surface area contributed by atoms with Crippen molar-refractivity contribution in [1.29, 1.82) is 0 Å². The van der Waals surface area contributed by atoms with Crippen LogP contribution in [0.5, 0.6) is 5.75 Å². The Labute approximate surface area is 229 Å². The molecule has 0 aromatic heterocycles. The summed E-state index contributed by atoms with van der Waals surface area (Å²) in [6.45, 7) is 0.336. The molecule has 1 aliphatic rings. The fourth-order valence-corrected chi connectivity index (χ4v) is 4.84. The van der Waals surface area contributed by atoms with Crippen molar-refractivity contribution in [2.75, 3.05) is 13.7 Å². The average Bonchev–Trinajstić information content (AvgIpc) is 2.79. The molecule has 180 valence electrons. The molecule has 3 amide bonds. The van der Waals surface area contributed by atoms with Crippen LogP contribution in [0.3, 0.4) is 0 Å². The fourth-order valence-electron chi connectivity index (χ4n) is 3.75. The molecule has 1 aliphatic carbocycles. The Balaban J connectivity index is 0.00000306. The second-order valence-corrected chi connectivity index (χ2v) is 10.0. The van der Waals surface area contributed by atoms with Crippen molar-refractivity contribution < 1.29 is 53.7 Å². The van der Waals surface area contributed by atoms with Crippen LogP contribution in [0.25, 0.3) is 0 Å². The second-order valence-electron chi connectivity index (χ2n) is 7.91. The van der Waals surface area contributed by atoms with Crippen molar-refractivity contribution in [3.63, 3.8) is 0 Å². The zero-order valence-corrected chi connectivity index (χ0v) is 23.0. The first-order valence-electron chi connectivity index (χ1n) is 10.8. The molecule has 0 unspecified atom stereocenters. The summed E-state index contributed by atoms with van der Waals surface area (Å²) in [7, 11) is -2.49. The Bertz CT molecular complexity index is 1100. The Morgan fingerprint density at radius 1 is 1.09 bits per heavy atom. The summed E-state index contributed by atoms with van der Waals surface area (Å²) in [6.07, 6.45) is 5.43. The van der Waals surface area contributed by atoms with E-state index in [-0.39, 0.29) is 47.8 Å². The number of ether oxygens (including phenoxy) is 1. The number of carbonyl (C=O) groups is 2. The molecule has 1 saturated carbocycles. The zero-order chi connectivity index (χ0) is 23.8. The molecule has 0 heterocycles. The summed E-state index contributed by atoms with van der Waals surface area (Å²) in [6, 6.07) is 10.3. The van der Waals surface area contributed by atoms with Crippen LogP contribution in [-0.4, -0.2) is 40.1 Å². The third-order valence-electron chi connectivity index (χ3n) is 5.51. The number of methoxy groups -OCH3 is 1. The number of halogens is 1. The quantitative estimate of drug-likeness (QED) is 0.447. The first-order chi connectivity index (χ1) is 15.8. The van der Waals surface area contributed by atoms with E-state index >= 15 is 0 Å². The number of nitrogens with one attached hydrogen (secondary N) is 3. The number of hydrogen-bond donors (Lipinski definition) is 3. The van der Waals surface area contributed by atoms with Gasteiger partial charge in [0, 0.05) is 17.6 Å². The van der Waals surface area contributed by atoms with Crippen molar-refractivity contribution in [3.8, 4) is 5.75 Å². The van der Waals surface area contributed by atoms with Gasteiger partial charge >= 0.3 is 35.6 Å². The number of hydrogen-bond acceptors (Lipinski definition) is 5. The molecular formula is C23H29ClN3NaO5S. The minimum Gasteiger partial charge on any atom is -1.00 e. The van der Waals surface area contributed by atoms with Crippen LogP contribution in [-0.2, 0) is 16.4 Å². The summed E-state index contributed by atoms with van der Waals surface area (Å²) in [5.41, 5.74) is 1.17. The smallest absolute Gasteiger partial charge is 1.00 e. The van der Waals surface area contributed by atoms with E-state index in [0.29, 0.717) is 29.3 Å². The van der Waals surface area contributed by atoms with E-state index in [0.717, 1.165) is 37.7 Å². The van der Waals surface area contributed by atoms with Gasteiger partial charge in [0.2, 0.25) is 0 Å². The summed E-state index contributed by atoms with van der Waals surface area (Å²) in [5.74, 6) is 0.105. The second kappa shape index (κ2) is 13.3. The number of urea groups is 1. The van der Waals surface area contributed by atoms with E-state index in [1.54, 1.807) is 24.3 Å². The normalized spacial score (nSPS) is 13.9. The van der Waals surface area contributed by atoms with Gasteiger partial charge in [-0.3, -0.25) is 4.79 Å². The van der Waals surface area contributed by atoms with Gasteiger partial charge in [-0.1, -0.05) is 43.0 Å². The van der Waals surface area contributed by atoms with Gasteiger partial charge < -0.3 is 16.8 Å². The van der Waals surface area contributed by atoms with Crippen LogP contribution >= 0.6 is 11.6 Å². The van der Waals surface area contributed by atoms with E-state index in [1.165, 1.54) is 25.3 Å². The largest absolute Gasteiger partial charge is 1.00 e. The predicted molar refractivity (Wildman–Crippen MR) is 127 cm³/mol. The molecule has 3 rings (SSSR count). The van der Waals surface area contributed by atoms with Crippen LogP contribution in [0, 0.1) is 0 Å². The average molecular weight is 518 g/mol. The summed E-state index contributed by atoms with van der Waals surface area (Å²) < 4.78 is 32.2. The third kappa shape index (κ3) is 8.16. The molecule has 0 bridgehead atoms. The van der Waals surface area contributed by atoms with Crippen molar-refractivity contribution >= 4 is 33.6 Å². The Hall–Kier alpha value is -1.78. The van der Waals surface area contributed by atoms with Crippen LogP contribution in [0.1, 0.15) is 49.5 Å². The summed E-state index contributed by atoms with van der Waals surface area (Å²) >= 11 is 5.96. The van der Waals surface area contributed by atoms with Gasteiger partial charge in [-0.15, -0.1) is 0 Å².